The van der Waals surface area contributed by atoms with Crippen molar-refractivity contribution < 1.29 is 4.42 Å². The summed E-state index contributed by atoms with van der Waals surface area (Å²) in [6, 6.07) is 42.8. The molecule has 2 aliphatic rings. The van der Waals surface area contributed by atoms with Gasteiger partial charge in [0, 0.05) is 59.2 Å². The van der Waals surface area contributed by atoms with Gasteiger partial charge in [-0.3, -0.25) is 0 Å². The molecule has 6 rings (SSSR count). The Kier molecular flexibility index (Phi) is 6.73. The zero-order chi connectivity index (χ0) is 26.8. The minimum Gasteiger partial charge on any atom is -0.456 e. The molecule has 1 heterocycles. The summed E-state index contributed by atoms with van der Waals surface area (Å²) in [5.74, 6) is 0.878. The Hall–Kier alpha value is -4.63. The molecule has 1 aliphatic carbocycles. The molecule has 3 heteroatoms. The summed E-state index contributed by atoms with van der Waals surface area (Å²) in [7, 11) is 4.20. The van der Waals surface area contributed by atoms with Crippen LogP contribution in [0.4, 0.5) is 17.1 Å². The van der Waals surface area contributed by atoms with Gasteiger partial charge in [0.2, 0.25) is 11.0 Å². The summed E-state index contributed by atoms with van der Waals surface area (Å²) in [6.45, 7) is 2.24. The second-order valence-electron chi connectivity index (χ2n) is 10.0. The predicted octanol–water partition coefficient (Wildman–Crippen LogP) is 8.66. The van der Waals surface area contributed by atoms with Gasteiger partial charge in [0.15, 0.2) is 0 Å². The molecule has 192 valence electrons. The number of hydrogen-bond donors (Lipinski definition) is 0. The van der Waals surface area contributed by atoms with Crippen LogP contribution < -0.4 is 14.8 Å². The fraction of sp³-hybridized carbons (Fsp3) is 0.139. The summed E-state index contributed by atoms with van der Waals surface area (Å²) in [5.41, 5.74) is 9.24. The molecule has 0 bridgehead atoms. The zero-order valence-corrected chi connectivity index (χ0v) is 22.8. The van der Waals surface area contributed by atoms with Crippen LogP contribution in [0, 0.1) is 0 Å². The molecular weight excluding hydrogens is 476 g/mol. The van der Waals surface area contributed by atoms with Crippen LogP contribution in [0.5, 0.6) is 0 Å². The number of fused-ring (bicyclic) bond motifs is 2. The Morgan fingerprint density at radius 2 is 1.41 bits per heavy atom. The van der Waals surface area contributed by atoms with Gasteiger partial charge >= 0.3 is 0 Å². The highest BCUT2D eigenvalue weighted by Gasteiger charge is 2.21. The SMILES string of the molecule is CCCc1ccccc1-c1c2cc/c(=[N+](/C)c3ccccc3)cc-2oc2cc(N(C)c3ccccc3)ccc12. The first-order valence-electron chi connectivity index (χ1n) is 13.6. The van der Waals surface area contributed by atoms with E-state index in [4.69, 9.17) is 4.42 Å². The summed E-state index contributed by atoms with van der Waals surface area (Å²) < 4.78 is 8.91. The molecule has 1 aliphatic heterocycles. The molecule has 39 heavy (non-hydrogen) atoms. The van der Waals surface area contributed by atoms with Gasteiger partial charge in [0.05, 0.1) is 6.07 Å². The molecule has 0 atom stereocenters. The average Bonchev–Trinajstić information content (AvgIpc) is 3.00. The third kappa shape index (κ3) is 4.72. The van der Waals surface area contributed by atoms with Gasteiger partial charge in [0.1, 0.15) is 18.4 Å². The lowest BCUT2D eigenvalue weighted by Crippen LogP contribution is -2.21. The van der Waals surface area contributed by atoms with E-state index in [1.807, 2.05) is 12.1 Å². The minimum absolute atomic E-state index is 0.878. The van der Waals surface area contributed by atoms with Crippen molar-refractivity contribution in [2.24, 2.45) is 0 Å². The number of para-hydroxylation sites is 2. The fourth-order valence-corrected chi connectivity index (χ4v) is 5.43. The lowest BCUT2D eigenvalue weighted by atomic mass is 9.89. The standard InChI is InChI=1S/C36H33N2O/c1-4-13-26-14-11-12-19-31(26)36-32-22-20-29(37(2)27-15-7-5-8-16-27)24-34(32)39-35-25-30(21-23-33(35)36)38(3)28-17-9-6-10-18-28/h5-12,14-25H,4,13H2,1-3H3/q+1. The first kappa shape index (κ1) is 24.7. The van der Waals surface area contributed by atoms with Gasteiger partial charge in [-0.25, -0.2) is 0 Å². The molecule has 0 fully saturated rings. The normalized spacial score (nSPS) is 12.1. The van der Waals surface area contributed by atoms with Crippen molar-refractivity contribution in [3.05, 3.63) is 132 Å². The van der Waals surface area contributed by atoms with E-state index < -0.39 is 0 Å². The maximum absolute atomic E-state index is 6.71. The maximum Gasteiger partial charge on any atom is 0.209 e. The Bertz CT molecular complexity index is 1780. The largest absolute Gasteiger partial charge is 0.456 e. The molecule has 0 aromatic heterocycles. The van der Waals surface area contributed by atoms with Crippen LogP contribution in [0.2, 0.25) is 0 Å². The fourth-order valence-electron chi connectivity index (χ4n) is 5.43. The number of nitrogens with zero attached hydrogens (tertiary/aromatic N) is 2. The second kappa shape index (κ2) is 10.6. The van der Waals surface area contributed by atoms with Crippen LogP contribution in [0.3, 0.4) is 0 Å². The van der Waals surface area contributed by atoms with E-state index in [9.17, 15) is 0 Å². The van der Waals surface area contributed by atoms with Crippen LogP contribution in [-0.2, 0) is 6.42 Å². The third-order valence-electron chi connectivity index (χ3n) is 7.56. The minimum atomic E-state index is 0.878. The number of rotatable bonds is 6. The van der Waals surface area contributed by atoms with Gasteiger partial charge < -0.3 is 9.32 Å². The highest BCUT2D eigenvalue weighted by molar-refractivity contribution is 6.03. The van der Waals surface area contributed by atoms with Crippen molar-refractivity contribution in [2.45, 2.75) is 19.8 Å². The molecule has 0 unspecified atom stereocenters. The predicted molar refractivity (Wildman–Crippen MR) is 164 cm³/mol. The molecular formula is C36H33N2O+. The Morgan fingerprint density at radius 1 is 0.692 bits per heavy atom. The van der Waals surface area contributed by atoms with E-state index in [2.05, 4.69) is 140 Å². The van der Waals surface area contributed by atoms with Crippen molar-refractivity contribution in [3.63, 3.8) is 0 Å². The van der Waals surface area contributed by atoms with E-state index in [0.29, 0.717) is 0 Å². The first-order chi connectivity index (χ1) is 19.1. The van der Waals surface area contributed by atoms with Crippen molar-refractivity contribution in [2.75, 3.05) is 19.0 Å². The number of anilines is 2. The molecule has 0 amide bonds. The van der Waals surface area contributed by atoms with Crippen LogP contribution in [0.15, 0.2) is 126 Å². The van der Waals surface area contributed by atoms with E-state index in [-0.39, 0.29) is 0 Å². The highest BCUT2D eigenvalue weighted by atomic mass is 16.3. The monoisotopic (exact) mass is 509 g/mol. The summed E-state index contributed by atoms with van der Waals surface area (Å²) in [6.07, 6.45) is 2.14. The van der Waals surface area contributed by atoms with Gasteiger partial charge in [-0.15, -0.1) is 0 Å². The molecule has 0 saturated heterocycles. The van der Waals surface area contributed by atoms with Crippen molar-refractivity contribution in [1.29, 1.82) is 0 Å². The number of benzene rings is 5. The highest BCUT2D eigenvalue weighted by Crippen LogP contribution is 2.42. The quantitative estimate of drug-likeness (QED) is 0.165. The Balaban J connectivity index is 1.63. The van der Waals surface area contributed by atoms with Crippen LogP contribution in [-0.4, -0.2) is 14.1 Å². The number of aryl methyl sites for hydroxylation is 1. The van der Waals surface area contributed by atoms with Crippen LogP contribution >= 0.6 is 0 Å². The van der Waals surface area contributed by atoms with Crippen molar-refractivity contribution in [1.82, 2.24) is 4.58 Å². The summed E-state index contributed by atoms with van der Waals surface area (Å²) >= 11 is 0. The Labute approximate surface area is 230 Å². The summed E-state index contributed by atoms with van der Waals surface area (Å²) in [4.78, 5) is 2.20. The topological polar surface area (TPSA) is 19.4 Å². The van der Waals surface area contributed by atoms with E-state index in [1.54, 1.807) is 0 Å². The van der Waals surface area contributed by atoms with Gasteiger partial charge in [0.25, 0.3) is 0 Å². The van der Waals surface area contributed by atoms with E-state index in [1.165, 1.54) is 16.7 Å². The molecule has 3 nitrogen and oxygen atoms in total. The maximum atomic E-state index is 6.71. The Morgan fingerprint density at radius 3 is 2.18 bits per heavy atom. The lowest BCUT2D eigenvalue weighted by Gasteiger charge is -2.22. The van der Waals surface area contributed by atoms with E-state index >= 15 is 0 Å². The molecule has 0 spiro atoms. The molecule has 0 N–H and O–H groups in total. The molecule has 4 aromatic rings. The summed E-state index contributed by atoms with van der Waals surface area (Å²) in [5, 5.41) is 2.21. The third-order valence-corrected chi connectivity index (χ3v) is 7.56. The molecule has 0 radical (unpaired) electrons. The van der Waals surface area contributed by atoms with Gasteiger partial charge in [-0.05, 0) is 47.9 Å². The molecule has 0 saturated carbocycles. The smallest absolute Gasteiger partial charge is 0.209 e. The first-order valence-corrected chi connectivity index (χ1v) is 13.6. The van der Waals surface area contributed by atoms with Crippen molar-refractivity contribution in [3.8, 4) is 22.5 Å². The van der Waals surface area contributed by atoms with E-state index in [0.717, 1.165) is 57.6 Å². The lowest BCUT2D eigenvalue weighted by molar-refractivity contribution is 0.618. The van der Waals surface area contributed by atoms with Gasteiger partial charge in [-0.2, -0.15) is 4.58 Å². The van der Waals surface area contributed by atoms with Gasteiger partial charge in [-0.1, -0.05) is 74.0 Å². The number of hydrogen-bond acceptors (Lipinski definition) is 2. The van der Waals surface area contributed by atoms with Crippen LogP contribution in [0.25, 0.3) is 33.4 Å². The van der Waals surface area contributed by atoms with Crippen molar-refractivity contribution >= 4 is 28.0 Å². The second-order valence-corrected chi connectivity index (χ2v) is 10.0. The molecule has 4 aromatic carbocycles. The zero-order valence-electron chi connectivity index (χ0n) is 22.8. The average molecular weight is 510 g/mol. The van der Waals surface area contributed by atoms with Crippen LogP contribution in [0.1, 0.15) is 18.9 Å².